The van der Waals surface area contributed by atoms with Gasteiger partial charge in [-0.3, -0.25) is 0 Å². The molecule has 0 saturated heterocycles. The van der Waals surface area contributed by atoms with Crippen molar-refractivity contribution in [2.24, 2.45) is 0 Å². The number of nitrogens with zero attached hydrogens (tertiary/aromatic N) is 2. The van der Waals surface area contributed by atoms with Gasteiger partial charge in [0.15, 0.2) is 5.13 Å². The third-order valence-electron chi connectivity index (χ3n) is 3.02. The van der Waals surface area contributed by atoms with Crippen molar-refractivity contribution in [2.45, 2.75) is 19.7 Å². The zero-order chi connectivity index (χ0) is 15.2. The Balaban J connectivity index is 2.14. The first-order valence-electron chi connectivity index (χ1n) is 6.71. The summed E-state index contributed by atoms with van der Waals surface area (Å²) < 4.78 is 18.4. The van der Waals surface area contributed by atoms with E-state index in [1.165, 1.54) is 10.9 Å². The summed E-state index contributed by atoms with van der Waals surface area (Å²) in [5.74, 6) is -0.212. The molecule has 0 atom stereocenters. The lowest BCUT2D eigenvalue weighted by molar-refractivity contribution is 0.181. The number of anilines is 1. The number of benzene rings is 1. The maximum Gasteiger partial charge on any atom is 0.185 e. The van der Waals surface area contributed by atoms with Crippen molar-refractivity contribution in [1.29, 1.82) is 0 Å². The van der Waals surface area contributed by atoms with Crippen LogP contribution in [0.3, 0.4) is 0 Å². The van der Waals surface area contributed by atoms with Gasteiger partial charge in [-0.05, 0) is 24.7 Å². The fourth-order valence-electron chi connectivity index (χ4n) is 2.06. The molecule has 4 nitrogen and oxygen atoms in total. The highest BCUT2D eigenvalue weighted by atomic mass is 32.1. The smallest absolute Gasteiger partial charge is 0.185 e. The van der Waals surface area contributed by atoms with E-state index in [2.05, 4.69) is 10.3 Å². The SMILES string of the molecule is CNCc1sc(N(C)Cc2cccc(F)c2)nc1COC. The number of hydrogen-bond acceptors (Lipinski definition) is 5. The number of halogens is 1. The Morgan fingerprint density at radius 2 is 2.24 bits per heavy atom. The third kappa shape index (κ3) is 4.23. The van der Waals surface area contributed by atoms with Gasteiger partial charge < -0.3 is 15.0 Å². The van der Waals surface area contributed by atoms with Gasteiger partial charge in [0, 0.05) is 32.1 Å². The fourth-order valence-corrected chi connectivity index (χ4v) is 3.09. The molecule has 0 aliphatic carbocycles. The van der Waals surface area contributed by atoms with Crippen LogP contribution in [0.4, 0.5) is 9.52 Å². The quantitative estimate of drug-likeness (QED) is 0.853. The van der Waals surface area contributed by atoms with Gasteiger partial charge in [0.05, 0.1) is 12.3 Å². The normalized spacial score (nSPS) is 10.9. The largest absolute Gasteiger partial charge is 0.378 e. The van der Waals surface area contributed by atoms with Crippen LogP contribution >= 0.6 is 11.3 Å². The van der Waals surface area contributed by atoms with Crippen LogP contribution in [0, 0.1) is 5.82 Å². The summed E-state index contributed by atoms with van der Waals surface area (Å²) in [5, 5.41) is 4.05. The molecule has 0 amide bonds. The second-order valence-corrected chi connectivity index (χ2v) is 5.88. The summed E-state index contributed by atoms with van der Waals surface area (Å²) in [6.45, 7) is 1.89. The topological polar surface area (TPSA) is 37.4 Å². The number of ether oxygens (including phenoxy) is 1. The molecule has 1 aromatic carbocycles. The minimum atomic E-state index is -0.212. The highest BCUT2D eigenvalue weighted by Crippen LogP contribution is 2.27. The van der Waals surface area contributed by atoms with Gasteiger partial charge in [-0.2, -0.15) is 0 Å². The number of rotatable bonds is 7. The van der Waals surface area contributed by atoms with E-state index in [1.807, 2.05) is 25.1 Å². The van der Waals surface area contributed by atoms with Crippen LogP contribution < -0.4 is 10.2 Å². The highest BCUT2D eigenvalue weighted by Gasteiger charge is 2.14. The van der Waals surface area contributed by atoms with Crippen LogP contribution in [-0.2, 0) is 24.4 Å². The van der Waals surface area contributed by atoms with Gasteiger partial charge >= 0.3 is 0 Å². The van der Waals surface area contributed by atoms with E-state index in [9.17, 15) is 4.39 Å². The average molecular weight is 309 g/mol. The lowest BCUT2D eigenvalue weighted by atomic mass is 10.2. The molecule has 21 heavy (non-hydrogen) atoms. The Kier molecular flexibility index (Phi) is 5.67. The van der Waals surface area contributed by atoms with Crippen LogP contribution in [0.5, 0.6) is 0 Å². The van der Waals surface area contributed by atoms with Gasteiger partial charge in [0.2, 0.25) is 0 Å². The number of thiazole rings is 1. The molecule has 0 radical (unpaired) electrons. The van der Waals surface area contributed by atoms with E-state index in [-0.39, 0.29) is 5.82 Å². The molecule has 0 fully saturated rings. The molecule has 2 rings (SSSR count). The summed E-state index contributed by atoms with van der Waals surface area (Å²) in [6, 6.07) is 6.64. The molecule has 114 valence electrons. The Labute approximate surface area is 128 Å². The van der Waals surface area contributed by atoms with E-state index >= 15 is 0 Å². The maximum atomic E-state index is 13.2. The number of hydrogen-bond donors (Lipinski definition) is 1. The third-order valence-corrected chi connectivity index (χ3v) is 4.23. The van der Waals surface area contributed by atoms with Crippen LogP contribution in [0.1, 0.15) is 16.1 Å². The van der Waals surface area contributed by atoms with E-state index in [0.29, 0.717) is 13.2 Å². The molecule has 6 heteroatoms. The molecule has 1 N–H and O–H groups in total. The second kappa shape index (κ2) is 7.49. The van der Waals surface area contributed by atoms with Gasteiger partial charge in [0.1, 0.15) is 5.82 Å². The molecule has 0 aliphatic heterocycles. The molecule has 0 spiro atoms. The summed E-state index contributed by atoms with van der Waals surface area (Å²) >= 11 is 1.63. The summed E-state index contributed by atoms with van der Waals surface area (Å²) in [4.78, 5) is 7.82. The standard InChI is InChI=1S/C15H20FN3OS/c1-17-8-14-13(10-20-3)18-15(21-14)19(2)9-11-5-4-6-12(16)7-11/h4-7,17H,8-10H2,1-3H3. The van der Waals surface area contributed by atoms with Crippen molar-refractivity contribution in [3.05, 3.63) is 46.2 Å². The molecule has 0 unspecified atom stereocenters. The van der Waals surface area contributed by atoms with E-state index in [1.54, 1.807) is 30.6 Å². The summed E-state index contributed by atoms with van der Waals surface area (Å²) in [5.41, 5.74) is 1.88. The lowest BCUT2D eigenvalue weighted by Crippen LogP contribution is -2.16. The van der Waals surface area contributed by atoms with Crippen molar-refractivity contribution in [1.82, 2.24) is 10.3 Å². The molecule has 2 aromatic rings. The Hall–Kier alpha value is -1.50. The molecule has 1 aromatic heterocycles. The zero-order valence-electron chi connectivity index (χ0n) is 12.5. The highest BCUT2D eigenvalue weighted by molar-refractivity contribution is 7.15. The number of methoxy groups -OCH3 is 1. The fraction of sp³-hybridized carbons (Fsp3) is 0.400. The van der Waals surface area contributed by atoms with E-state index < -0.39 is 0 Å². The molecular formula is C15H20FN3OS. The molecule has 0 bridgehead atoms. The zero-order valence-corrected chi connectivity index (χ0v) is 13.3. The Morgan fingerprint density at radius 3 is 2.90 bits per heavy atom. The van der Waals surface area contributed by atoms with Crippen molar-refractivity contribution in [3.63, 3.8) is 0 Å². The predicted octanol–water partition coefficient (Wildman–Crippen LogP) is 2.78. The minimum Gasteiger partial charge on any atom is -0.378 e. The second-order valence-electron chi connectivity index (χ2n) is 4.82. The summed E-state index contributed by atoms with van der Waals surface area (Å²) in [6.07, 6.45) is 0. The van der Waals surface area contributed by atoms with Gasteiger partial charge in [-0.25, -0.2) is 9.37 Å². The minimum absolute atomic E-state index is 0.212. The van der Waals surface area contributed by atoms with Crippen LogP contribution in [0.2, 0.25) is 0 Å². The van der Waals surface area contributed by atoms with Crippen molar-refractivity contribution < 1.29 is 9.13 Å². The van der Waals surface area contributed by atoms with E-state index in [0.717, 1.165) is 22.9 Å². The van der Waals surface area contributed by atoms with Crippen LogP contribution in [-0.4, -0.2) is 26.2 Å². The average Bonchev–Trinajstić information content (AvgIpc) is 2.83. The lowest BCUT2D eigenvalue weighted by Gasteiger charge is -2.15. The van der Waals surface area contributed by atoms with Crippen LogP contribution in [0.25, 0.3) is 0 Å². The monoisotopic (exact) mass is 309 g/mol. The summed E-state index contributed by atoms with van der Waals surface area (Å²) in [7, 11) is 5.54. The van der Waals surface area contributed by atoms with E-state index in [4.69, 9.17) is 4.74 Å². The predicted molar refractivity (Wildman–Crippen MR) is 84.1 cm³/mol. The van der Waals surface area contributed by atoms with Crippen molar-refractivity contribution in [2.75, 3.05) is 26.1 Å². The van der Waals surface area contributed by atoms with Crippen molar-refractivity contribution >= 4 is 16.5 Å². The van der Waals surface area contributed by atoms with Crippen LogP contribution in [0.15, 0.2) is 24.3 Å². The first-order valence-corrected chi connectivity index (χ1v) is 7.53. The maximum absolute atomic E-state index is 13.2. The number of nitrogens with one attached hydrogen (secondary N) is 1. The van der Waals surface area contributed by atoms with Crippen molar-refractivity contribution in [3.8, 4) is 0 Å². The molecule has 0 aliphatic rings. The number of aromatic nitrogens is 1. The Morgan fingerprint density at radius 1 is 1.43 bits per heavy atom. The first-order chi connectivity index (χ1) is 10.1. The Bertz CT molecular complexity index is 565. The molecular weight excluding hydrogens is 289 g/mol. The van der Waals surface area contributed by atoms with Gasteiger partial charge in [-0.15, -0.1) is 11.3 Å². The van der Waals surface area contributed by atoms with Gasteiger partial charge in [-0.1, -0.05) is 12.1 Å². The molecule has 0 saturated carbocycles. The first kappa shape index (κ1) is 15.9. The van der Waals surface area contributed by atoms with Gasteiger partial charge in [0.25, 0.3) is 0 Å². The molecule has 1 heterocycles.